The maximum Gasteiger partial charge on any atom is 0.229 e. The zero-order valence-electron chi connectivity index (χ0n) is 19.0. The van der Waals surface area contributed by atoms with Crippen LogP contribution in [0.15, 0.2) is 29.5 Å². The van der Waals surface area contributed by atoms with Gasteiger partial charge in [0.1, 0.15) is 5.82 Å². The average Bonchev–Trinajstić information content (AvgIpc) is 3.44. The van der Waals surface area contributed by atoms with E-state index in [2.05, 4.69) is 46.5 Å². The van der Waals surface area contributed by atoms with Crippen LogP contribution in [0, 0.1) is 18.3 Å². The number of aryl methyl sites for hydroxylation is 2. The van der Waals surface area contributed by atoms with Gasteiger partial charge >= 0.3 is 0 Å². The molecule has 1 N–H and O–H groups in total. The SMILES string of the molecule is Cc1cnc(Nc2cnn(C)c2)nc1N1CC(CC#N)(N2CCN(Cc3cscn3)CC2)C1. The van der Waals surface area contributed by atoms with Gasteiger partial charge in [0.25, 0.3) is 0 Å². The minimum atomic E-state index is -0.115. The molecule has 33 heavy (non-hydrogen) atoms. The van der Waals surface area contributed by atoms with E-state index in [9.17, 15) is 5.26 Å². The number of anilines is 3. The number of hydrogen-bond donors (Lipinski definition) is 1. The molecule has 0 unspecified atom stereocenters. The second-order valence-electron chi connectivity index (χ2n) is 8.89. The van der Waals surface area contributed by atoms with Crippen LogP contribution in [0.4, 0.5) is 17.5 Å². The smallest absolute Gasteiger partial charge is 0.229 e. The largest absolute Gasteiger partial charge is 0.352 e. The molecule has 2 aliphatic heterocycles. The Morgan fingerprint density at radius 3 is 2.67 bits per heavy atom. The third-order valence-electron chi connectivity index (χ3n) is 6.50. The predicted molar refractivity (Wildman–Crippen MR) is 127 cm³/mol. The Labute approximate surface area is 197 Å². The lowest BCUT2D eigenvalue weighted by molar-refractivity contribution is 0.0128. The molecule has 2 saturated heterocycles. The van der Waals surface area contributed by atoms with Crippen LogP contribution in [0.1, 0.15) is 17.7 Å². The summed E-state index contributed by atoms with van der Waals surface area (Å²) in [7, 11) is 1.88. The van der Waals surface area contributed by atoms with Crippen molar-refractivity contribution >= 4 is 28.8 Å². The van der Waals surface area contributed by atoms with E-state index in [4.69, 9.17) is 4.98 Å². The molecule has 2 aliphatic rings. The fraction of sp³-hybridized carbons (Fsp3) is 0.500. The van der Waals surface area contributed by atoms with Crippen LogP contribution in [-0.4, -0.2) is 79.3 Å². The van der Waals surface area contributed by atoms with Crippen LogP contribution in [0.3, 0.4) is 0 Å². The van der Waals surface area contributed by atoms with E-state index in [1.54, 1.807) is 22.2 Å². The normalized spacial score (nSPS) is 18.6. The summed E-state index contributed by atoms with van der Waals surface area (Å²) in [5.74, 6) is 1.48. The highest BCUT2D eigenvalue weighted by Crippen LogP contribution is 2.36. The van der Waals surface area contributed by atoms with Crippen molar-refractivity contribution in [2.45, 2.75) is 25.4 Å². The molecule has 0 spiro atoms. The fourth-order valence-electron chi connectivity index (χ4n) is 4.74. The zero-order chi connectivity index (χ0) is 22.8. The van der Waals surface area contributed by atoms with Crippen LogP contribution in [0.25, 0.3) is 0 Å². The molecule has 172 valence electrons. The van der Waals surface area contributed by atoms with E-state index >= 15 is 0 Å². The molecule has 0 atom stereocenters. The molecule has 0 radical (unpaired) electrons. The van der Waals surface area contributed by atoms with Crippen molar-refractivity contribution in [1.29, 1.82) is 5.26 Å². The van der Waals surface area contributed by atoms with Gasteiger partial charge in [0.15, 0.2) is 0 Å². The summed E-state index contributed by atoms with van der Waals surface area (Å²) in [6, 6.07) is 2.44. The first-order valence-electron chi connectivity index (χ1n) is 11.1. The van der Waals surface area contributed by atoms with E-state index in [1.165, 1.54) is 0 Å². The van der Waals surface area contributed by atoms with Crippen molar-refractivity contribution in [3.8, 4) is 6.07 Å². The molecular weight excluding hydrogens is 436 g/mol. The van der Waals surface area contributed by atoms with E-state index in [1.807, 2.05) is 31.9 Å². The van der Waals surface area contributed by atoms with Crippen molar-refractivity contribution in [2.75, 3.05) is 49.5 Å². The van der Waals surface area contributed by atoms with Crippen LogP contribution in [0.2, 0.25) is 0 Å². The minimum absolute atomic E-state index is 0.115. The number of nitrogens with one attached hydrogen (secondary N) is 1. The van der Waals surface area contributed by atoms with Gasteiger partial charge in [0.2, 0.25) is 5.95 Å². The summed E-state index contributed by atoms with van der Waals surface area (Å²) in [5, 5.41) is 19.1. The van der Waals surface area contributed by atoms with Crippen molar-refractivity contribution < 1.29 is 0 Å². The number of nitrogens with zero attached hydrogens (tertiary/aromatic N) is 9. The lowest BCUT2D eigenvalue weighted by Crippen LogP contribution is -2.72. The fourth-order valence-corrected chi connectivity index (χ4v) is 5.29. The summed E-state index contributed by atoms with van der Waals surface area (Å²) in [4.78, 5) is 20.8. The molecule has 0 amide bonds. The second-order valence-corrected chi connectivity index (χ2v) is 9.60. The van der Waals surface area contributed by atoms with Gasteiger partial charge in [-0.15, -0.1) is 11.3 Å². The zero-order valence-corrected chi connectivity index (χ0v) is 19.8. The van der Waals surface area contributed by atoms with E-state index < -0.39 is 0 Å². The van der Waals surface area contributed by atoms with Crippen molar-refractivity contribution in [3.63, 3.8) is 0 Å². The third kappa shape index (κ3) is 4.55. The van der Waals surface area contributed by atoms with Gasteiger partial charge < -0.3 is 10.2 Å². The van der Waals surface area contributed by atoms with Gasteiger partial charge in [0, 0.05) is 76.2 Å². The number of nitriles is 1. The Morgan fingerprint density at radius 1 is 1.18 bits per heavy atom. The van der Waals surface area contributed by atoms with Gasteiger partial charge in [-0.05, 0) is 6.92 Å². The molecule has 5 rings (SSSR count). The average molecular weight is 465 g/mol. The van der Waals surface area contributed by atoms with Gasteiger partial charge in [-0.2, -0.15) is 15.3 Å². The monoisotopic (exact) mass is 464 g/mol. The standard InChI is InChI=1S/C22H28N10S/c1-17-9-24-21(27-18-10-26-29(2)11-18)28-20(17)31-14-22(15-31,3-4-23)32-7-5-30(6-8-32)12-19-13-33-16-25-19/h9-11,13,16H,3,5-8,12,14-15H2,1-2H3,(H,24,27,28). The molecule has 5 heterocycles. The van der Waals surface area contributed by atoms with Crippen molar-refractivity contribution in [2.24, 2.45) is 7.05 Å². The molecule has 11 heteroatoms. The first-order chi connectivity index (χ1) is 16.0. The molecule has 0 saturated carbocycles. The van der Waals surface area contributed by atoms with Crippen LogP contribution < -0.4 is 10.2 Å². The number of aromatic nitrogens is 5. The summed E-state index contributed by atoms with van der Waals surface area (Å²) >= 11 is 1.65. The Balaban J connectivity index is 1.24. The quantitative estimate of drug-likeness (QED) is 0.562. The molecule has 0 aromatic carbocycles. The topological polar surface area (TPSA) is 102 Å². The first-order valence-corrected chi connectivity index (χ1v) is 12.0. The van der Waals surface area contributed by atoms with E-state index in [-0.39, 0.29) is 5.54 Å². The molecule has 3 aromatic heterocycles. The number of rotatable bonds is 7. The summed E-state index contributed by atoms with van der Waals surface area (Å²) in [6.45, 7) is 8.47. The number of piperazine rings is 1. The molecular formula is C22H28N10S. The number of hydrogen-bond acceptors (Lipinski definition) is 10. The summed E-state index contributed by atoms with van der Waals surface area (Å²) in [6.07, 6.45) is 6.01. The predicted octanol–water partition coefficient (Wildman–Crippen LogP) is 2.01. The highest BCUT2D eigenvalue weighted by molar-refractivity contribution is 7.07. The van der Waals surface area contributed by atoms with Crippen molar-refractivity contribution in [3.05, 3.63) is 40.7 Å². The van der Waals surface area contributed by atoms with E-state index in [0.29, 0.717) is 12.4 Å². The lowest BCUT2D eigenvalue weighted by Gasteiger charge is -2.57. The molecule has 10 nitrogen and oxygen atoms in total. The Hall–Kier alpha value is -3.07. The van der Waals surface area contributed by atoms with Gasteiger partial charge in [-0.1, -0.05) is 0 Å². The summed E-state index contributed by atoms with van der Waals surface area (Å²) < 4.78 is 1.74. The maximum atomic E-state index is 9.59. The Morgan fingerprint density at radius 2 is 2.00 bits per heavy atom. The molecule has 0 aliphatic carbocycles. The number of thiazole rings is 1. The lowest BCUT2D eigenvalue weighted by atomic mass is 9.83. The summed E-state index contributed by atoms with van der Waals surface area (Å²) in [5.41, 5.74) is 4.81. The second kappa shape index (κ2) is 9.05. The maximum absolute atomic E-state index is 9.59. The highest BCUT2D eigenvalue weighted by atomic mass is 32.1. The van der Waals surface area contributed by atoms with Gasteiger partial charge in [-0.3, -0.25) is 14.5 Å². The highest BCUT2D eigenvalue weighted by Gasteiger charge is 2.49. The van der Waals surface area contributed by atoms with Crippen LogP contribution >= 0.6 is 11.3 Å². The molecule has 3 aromatic rings. The van der Waals surface area contributed by atoms with E-state index in [0.717, 1.165) is 68.6 Å². The molecule has 2 fully saturated rings. The van der Waals surface area contributed by atoms with Gasteiger partial charge in [0.05, 0.1) is 41.1 Å². The van der Waals surface area contributed by atoms with Crippen LogP contribution in [0.5, 0.6) is 0 Å². The minimum Gasteiger partial charge on any atom is -0.352 e. The van der Waals surface area contributed by atoms with Crippen LogP contribution in [-0.2, 0) is 13.6 Å². The Kier molecular flexibility index (Phi) is 5.97. The molecule has 0 bridgehead atoms. The first kappa shape index (κ1) is 21.8. The van der Waals surface area contributed by atoms with Gasteiger partial charge in [-0.25, -0.2) is 9.97 Å². The van der Waals surface area contributed by atoms with Crippen molar-refractivity contribution in [1.82, 2.24) is 34.5 Å². The Bertz CT molecular complexity index is 1120. The third-order valence-corrected chi connectivity index (χ3v) is 7.13.